The number of nitrogens with zero attached hydrogens (tertiary/aromatic N) is 1. The Hall–Kier alpha value is -1.33. The topological polar surface area (TPSA) is 71.5 Å². The molecule has 0 saturated carbocycles. The Morgan fingerprint density at radius 2 is 2.21 bits per heavy atom. The molecule has 1 aromatic rings. The second-order valence-electron chi connectivity index (χ2n) is 5.33. The van der Waals surface area contributed by atoms with E-state index < -0.39 is 0 Å². The maximum Gasteiger partial charge on any atom is 0.217 e. The zero-order valence-corrected chi connectivity index (χ0v) is 11.6. The van der Waals surface area contributed by atoms with Crippen molar-refractivity contribution >= 4 is 5.91 Å². The van der Waals surface area contributed by atoms with Gasteiger partial charge in [-0.1, -0.05) is 0 Å². The van der Waals surface area contributed by atoms with Crippen molar-refractivity contribution in [2.45, 2.75) is 44.8 Å². The second-order valence-corrected chi connectivity index (χ2v) is 5.33. The maximum atomic E-state index is 11.1. The summed E-state index contributed by atoms with van der Waals surface area (Å²) in [6, 6.07) is 4.30. The van der Waals surface area contributed by atoms with Crippen molar-refractivity contribution < 1.29 is 9.21 Å². The Labute approximate surface area is 114 Å². The summed E-state index contributed by atoms with van der Waals surface area (Å²) in [5.41, 5.74) is 6.10. The predicted molar refractivity (Wildman–Crippen MR) is 73.5 cm³/mol. The van der Waals surface area contributed by atoms with E-state index in [-0.39, 0.29) is 18.0 Å². The molecule has 0 bridgehead atoms. The van der Waals surface area contributed by atoms with Crippen LogP contribution < -0.4 is 11.1 Å². The molecule has 2 atom stereocenters. The number of nitrogens with two attached hydrogens (primary N) is 1. The summed E-state index contributed by atoms with van der Waals surface area (Å²) in [5.74, 6) is 0.973. The van der Waals surface area contributed by atoms with E-state index in [4.69, 9.17) is 10.2 Å². The van der Waals surface area contributed by atoms with Crippen LogP contribution >= 0.6 is 0 Å². The van der Waals surface area contributed by atoms with Crippen LogP contribution in [-0.4, -0.2) is 36.0 Å². The summed E-state index contributed by atoms with van der Waals surface area (Å²) in [5, 5.41) is 2.98. The highest BCUT2D eigenvalue weighted by Gasteiger charge is 2.30. The molecule has 106 valence electrons. The molecule has 1 aliphatic rings. The van der Waals surface area contributed by atoms with Gasteiger partial charge >= 0.3 is 0 Å². The first kappa shape index (κ1) is 14.1. The highest BCUT2D eigenvalue weighted by molar-refractivity contribution is 5.73. The van der Waals surface area contributed by atoms with Gasteiger partial charge in [0, 0.05) is 32.1 Å². The summed E-state index contributed by atoms with van der Waals surface area (Å²) in [6.45, 7) is 5.43. The molecule has 3 N–H and O–H groups in total. The van der Waals surface area contributed by atoms with E-state index in [0.717, 1.165) is 31.7 Å². The van der Waals surface area contributed by atoms with Gasteiger partial charge in [0.1, 0.15) is 5.76 Å². The van der Waals surface area contributed by atoms with Gasteiger partial charge < -0.3 is 15.5 Å². The lowest BCUT2D eigenvalue weighted by Gasteiger charge is -2.38. The van der Waals surface area contributed by atoms with E-state index >= 15 is 0 Å². The van der Waals surface area contributed by atoms with Gasteiger partial charge in [0.15, 0.2) is 0 Å². The average Bonchev–Trinajstić information content (AvgIpc) is 2.84. The number of likely N-dealkylation sites (tertiary alicyclic amines) is 1. The maximum absolute atomic E-state index is 11.1. The van der Waals surface area contributed by atoms with Gasteiger partial charge in [-0.2, -0.15) is 0 Å². The zero-order chi connectivity index (χ0) is 13.8. The lowest BCUT2D eigenvalue weighted by molar-refractivity contribution is -0.120. The van der Waals surface area contributed by atoms with E-state index in [0.29, 0.717) is 6.04 Å². The Bertz CT molecular complexity index is 395. The summed E-state index contributed by atoms with van der Waals surface area (Å²) in [6.07, 6.45) is 3.61. The normalized spacial score (nSPS) is 21.0. The van der Waals surface area contributed by atoms with Crippen LogP contribution in [0.1, 0.15) is 38.5 Å². The third kappa shape index (κ3) is 3.58. The molecule has 2 rings (SSSR count). The van der Waals surface area contributed by atoms with Crippen LogP contribution in [0.4, 0.5) is 0 Å². The first-order valence-electron chi connectivity index (χ1n) is 6.88. The van der Waals surface area contributed by atoms with E-state index in [1.807, 2.05) is 19.1 Å². The zero-order valence-electron chi connectivity index (χ0n) is 11.6. The number of hydrogen-bond acceptors (Lipinski definition) is 4. The number of carbonyl (C=O) groups is 1. The first-order valence-corrected chi connectivity index (χ1v) is 6.88. The monoisotopic (exact) mass is 265 g/mol. The number of carbonyl (C=O) groups excluding carboxylic acids is 1. The molecular formula is C14H23N3O2. The predicted octanol–water partition coefficient (Wildman–Crippen LogP) is 1.27. The molecule has 5 nitrogen and oxygen atoms in total. The molecule has 1 fully saturated rings. The van der Waals surface area contributed by atoms with Crippen molar-refractivity contribution in [1.82, 2.24) is 10.2 Å². The van der Waals surface area contributed by atoms with Gasteiger partial charge in [-0.3, -0.25) is 9.69 Å². The first-order chi connectivity index (χ1) is 9.08. The Kier molecular flexibility index (Phi) is 4.61. The molecule has 5 heteroatoms. The Morgan fingerprint density at radius 3 is 2.68 bits per heavy atom. The number of hydrogen-bond donors (Lipinski definition) is 2. The van der Waals surface area contributed by atoms with Crippen molar-refractivity contribution in [3.8, 4) is 0 Å². The fourth-order valence-corrected chi connectivity index (χ4v) is 2.84. The van der Waals surface area contributed by atoms with Crippen molar-refractivity contribution in [2.75, 3.05) is 13.1 Å². The summed E-state index contributed by atoms with van der Waals surface area (Å²) in [7, 11) is 0. The molecular weight excluding hydrogens is 242 g/mol. The van der Waals surface area contributed by atoms with Crippen LogP contribution in [0.15, 0.2) is 22.8 Å². The van der Waals surface area contributed by atoms with Crippen LogP contribution in [0, 0.1) is 0 Å². The minimum Gasteiger partial charge on any atom is -0.468 e. The number of furan rings is 1. The average molecular weight is 265 g/mol. The lowest BCUT2D eigenvalue weighted by Crippen LogP contribution is -2.48. The van der Waals surface area contributed by atoms with Gasteiger partial charge in [-0.25, -0.2) is 0 Å². The Balaban J connectivity index is 1.96. The van der Waals surface area contributed by atoms with Crippen LogP contribution in [-0.2, 0) is 4.79 Å². The van der Waals surface area contributed by atoms with E-state index in [2.05, 4.69) is 10.2 Å². The van der Waals surface area contributed by atoms with Gasteiger partial charge in [0.25, 0.3) is 0 Å². The summed E-state index contributed by atoms with van der Waals surface area (Å²) in [4.78, 5) is 13.4. The highest BCUT2D eigenvalue weighted by Crippen LogP contribution is 2.27. The molecule has 1 amide bonds. The number of amides is 1. The number of piperidine rings is 1. The smallest absolute Gasteiger partial charge is 0.217 e. The lowest BCUT2D eigenvalue weighted by atomic mass is 9.99. The van der Waals surface area contributed by atoms with E-state index in [1.54, 1.807) is 13.2 Å². The van der Waals surface area contributed by atoms with E-state index in [1.165, 1.54) is 0 Å². The van der Waals surface area contributed by atoms with Crippen LogP contribution in [0.25, 0.3) is 0 Å². The van der Waals surface area contributed by atoms with Gasteiger partial charge in [-0.05, 0) is 31.9 Å². The second kappa shape index (κ2) is 6.21. The fourth-order valence-electron chi connectivity index (χ4n) is 2.84. The van der Waals surface area contributed by atoms with Crippen molar-refractivity contribution in [1.29, 1.82) is 0 Å². The quantitative estimate of drug-likeness (QED) is 0.860. The standard InChI is InChI=1S/C14H23N3O2/c1-10(15)14(13-4-3-9-19-13)17-7-5-12(6-8-17)16-11(2)18/h3-4,9-10,12,14H,5-8,15H2,1-2H3,(H,16,18). The molecule has 1 aromatic heterocycles. The molecule has 1 saturated heterocycles. The number of nitrogens with one attached hydrogen (secondary N) is 1. The van der Waals surface area contributed by atoms with Crippen LogP contribution in [0.2, 0.25) is 0 Å². The summed E-state index contributed by atoms with van der Waals surface area (Å²) >= 11 is 0. The van der Waals surface area contributed by atoms with Crippen molar-refractivity contribution in [2.24, 2.45) is 5.73 Å². The molecule has 0 spiro atoms. The fraction of sp³-hybridized carbons (Fsp3) is 0.643. The van der Waals surface area contributed by atoms with Crippen LogP contribution in [0.5, 0.6) is 0 Å². The van der Waals surface area contributed by atoms with Crippen LogP contribution in [0.3, 0.4) is 0 Å². The SMILES string of the molecule is CC(=O)NC1CCN(C(c2ccco2)C(C)N)CC1. The minimum absolute atomic E-state index is 0.0171. The van der Waals surface area contributed by atoms with Gasteiger partial charge in [-0.15, -0.1) is 0 Å². The molecule has 19 heavy (non-hydrogen) atoms. The molecule has 0 radical (unpaired) electrons. The third-order valence-corrected chi connectivity index (χ3v) is 3.66. The Morgan fingerprint density at radius 1 is 1.53 bits per heavy atom. The van der Waals surface area contributed by atoms with E-state index in [9.17, 15) is 4.79 Å². The molecule has 2 unspecified atom stereocenters. The summed E-state index contributed by atoms with van der Waals surface area (Å²) < 4.78 is 5.51. The van der Waals surface area contributed by atoms with Gasteiger partial charge in [0.05, 0.1) is 12.3 Å². The third-order valence-electron chi connectivity index (χ3n) is 3.66. The molecule has 0 aliphatic carbocycles. The van der Waals surface area contributed by atoms with Crippen molar-refractivity contribution in [3.05, 3.63) is 24.2 Å². The highest BCUT2D eigenvalue weighted by atomic mass is 16.3. The molecule has 0 aromatic carbocycles. The largest absolute Gasteiger partial charge is 0.468 e. The minimum atomic E-state index is 0.0171. The van der Waals surface area contributed by atoms with Crippen molar-refractivity contribution in [3.63, 3.8) is 0 Å². The van der Waals surface area contributed by atoms with Gasteiger partial charge in [0.2, 0.25) is 5.91 Å². The molecule has 2 heterocycles. The number of rotatable bonds is 4. The molecule has 1 aliphatic heterocycles.